The topological polar surface area (TPSA) is 61.6 Å². The van der Waals surface area contributed by atoms with E-state index in [2.05, 4.69) is 36.7 Å². The third kappa shape index (κ3) is 4.67. The number of benzene rings is 1. The first kappa shape index (κ1) is 16.8. The molecule has 0 fully saturated rings. The molecule has 0 saturated heterocycles. The highest BCUT2D eigenvalue weighted by Crippen LogP contribution is 2.36. The summed E-state index contributed by atoms with van der Waals surface area (Å²) in [5.41, 5.74) is 0.748. The van der Waals surface area contributed by atoms with E-state index in [1.807, 2.05) is 0 Å². The van der Waals surface area contributed by atoms with Gasteiger partial charge in [-0.1, -0.05) is 36.7 Å². The molecule has 0 aliphatic heterocycles. The first-order valence-electron chi connectivity index (χ1n) is 6.32. The summed E-state index contributed by atoms with van der Waals surface area (Å²) in [4.78, 5) is 10.6. The molecule has 6 heteroatoms. The van der Waals surface area contributed by atoms with Gasteiger partial charge < -0.3 is 9.47 Å². The number of ether oxygens (including phenoxy) is 2. The van der Waals surface area contributed by atoms with Crippen molar-refractivity contribution in [2.75, 3.05) is 13.7 Å². The molecule has 0 heterocycles. The van der Waals surface area contributed by atoms with Crippen LogP contribution in [0.15, 0.2) is 12.1 Å². The Hall–Kier alpha value is -1.30. The molecular formula is C14H20BrNO4. The number of nitro groups is 1. The summed E-state index contributed by atoms with van der Waals surface area (Å²) < 4.78 is 10.9. The molecule has 0 atom stereocenters. The van der Waals surface area contributed by atoms with Crippen LogP contribution in [0.2, 0.25) is 0 Å². The predicted octanol–water partition coefficient (Wildman–Crippen LogP) is 4.31. The Morgan fingerprint density at radius 2 is 1.95 bits per heavy atom. The molecule has 1 aromatic carbocycles. The second-order valence-corrected chi connectivity index (χ2v) is 6.24. The van der Waals surface area contributed by atoms with Gasteiger partial charge in [0.25, 0.3) is 5.69 Å². The lowest BCUT2D eigenvalue weighted by atomic mass is 9.93. The number of alkyl halides is 1. The molecule has 0 spiro atoms. The Kier molecular flexibility index (Phi) is 5.80. The van der Waals surface area contributed by atoms with E-state index in [4.69, 9.17) is 9.47 Å². The number of nitrogens with zero attached hydrogens (tertiary/aromatic N) is 1. The lowest BCUT2D eigenvalue weighted by Gasteiger charge is -2.19. The monoisotopic (exact) mass is 345 g/mol. The van der Waals surface area contributed by atoms with Crippen LogP contribution in [0.3, 0.4) is 0 Å². The van der Waals surface area contributed by atoms with Crippen LogP contribution in [-0.2, 0) is 5.33 Å². The molecule has 112 valence electrons. The molecule has 20 heavy (non-hydrogen) atoms. The first-order chi connectivity index (χ1) is 9.28. The van der Waals surface area contributed by atoms with Crippen molar-refractivity contribution in [3.8, 4) is 11.5 Å². The molecule has 0 aromatic heterocycles. The van der Waals surface area contributed by atoms with Crippen LogP contribution in [0.5, 0.6) is 11.5 Å². The van der Waals surface area contributed by atoms with Crippen molar-refractivity contribution in [3.05, 3.63) is 27.8 Å². The Morgan fingerprint density at radius 1 is 1.30 bits per heavy atom. The van der Waals surface area contributed by atoms with E-state index >= 15 is 0 Å². The van der Waals surface area contributed by atoms with Crippen LogP contribution in [-0.4, -0.2) is 18.6 Å². The number of methoxy groups -OCH3 is 1. The van der Waals surface area contributed by atoms with Gasteiger partial charge in [0.05, 0.1) is 24.7 Å². The maximum atomic E-state index is 11.1. The van der Waals surface area contributed by atoms with Gasteiger partial charge in [-0.05, 0) is 17.9 Å². The van der Waals surface area contributed by atoms with Gasteiger partial charge in [0.15, 0.2) is 11.5 Å². The Labute approximate surface area is 127 Å². The SMILES string of the molecule is COc1cc(CBr)c([N+](=O)[O-])cc1OCCC(C)(C)C. The molecule has 0 amide bonds. The summed E-state index contributed by atoms with van der Waals surface area (Å²) in [7, 11) is 1.52. The Bertz CT molecular complexity index is 483. The van der Waals surface area contributed by atoms with Crippen LogP contribution in [0.1, 0.15) is 32.8 Å². The molecule has 1 rings (SSSR count). The van der Waals surface area contributed by atoms with Crippen molar-refractivity contribution in [1.29, 1.82) is 0 Å². The fourth-order valence-electron chi connectivity index (χ4n) is 1.61. The van der Waals surface area contributed by atoms with E-state index in [1.165, 1.54) is 13.2 Å². The van der Waals surface area contributed by atoms with Gasteiger partial charge in [0.2, 0.25) is 0 Å². The fraction of sp³-hybridized carbons (Fsp3) is 0.571. The summed E-state index contributed by atoms with van der Waals surface area (Å²) >= 11 is 3.24. The minimum absolute atomic E-state index is 0.0356. The number of nitro benzene ring substituents is 1. The maximum absolute atomic E-state index is 11.1. The van der Waals surface area contributed by atoms with Gasteiger partial charge >= 0.3 is 0 Å². The lowest BCUT2D eigenvalue weighted by molar-refractivity contribution is -0.385. The second kappa shape index (κ2) is 6.92. The van der Waals surface area contributed by atoms with Crippen LogP contribution in [0.4, 0.5) is 5.69 Å². The van der Waals surface area contributed by atoms with Gasteiger partial charge in [-0.15, -0.1) is 0 Å². The molecule has 0 radical (unpaired) electrons. The van der Waals surface area contributed by atoms with Gasteiger partial charge in [0, 0.05) is 10.9 Å². The summed E-state index contributed by atoms with van der Waals surface area (Å²) in [6, 6.07) is 3.07. The molecule has 0 N–H and O–H groups in total. The third-order valence-electron chi connectivity index (χ3n) is 2.82. The van der Waals surface area contributed by atoms with Crippen molar-refractivity contribution in [1.82, 2.24) is 0 Å². The maximum Gasteiger partial charge on any atom is 0.277 e. The number of hydrogen-bond acceptors (Lipinski definition) is 4. The van der Waals surface area contributed by atoms with E-state index in [-0.39, 0.29) is 11.1 Å². The Morgan fingerprint density at radius 3 is 2.40 bits per heavy atom. The lowest BCUT2D eigenvalue weighted by Crippen LogP contribution is -2.11. The number of rotatable bonds is 6. The average Bonchev–Trinajstić information content (AvgIpc) is 2.36. The van der Waals surface area contributed by atoms with E-state index in [9.17, 15) is 10.1 Å². The summed E-state index contributed by atoms with van der Waals surface area (Å²) in [5.74, 6) is 0.923. The van der Waals surface area contributed by atoms with Gasteiger partial charge in [-0.3, -0.25) is 10.1 Å². The Balaban J connectivity index is 2.99. The molecule has 5 nitrogen and oxygen atoms in total. The summed E-state index contributed by atoms with van der Waals surface area (Å²) in [6.45, 7) is 6.84. The standard InChI is InChI=1S/C14H20BrNO4/c1-14(2,3)5-6-20-13-8-11(16(17)18)10(9-15)7-12(13)19-4/h7-8H,5-6,9H2,1-4H3. The van der Waals surface area contributed by atoms with Crippen molar-refractivity contribution in [2.45, 2.75) is 32.5 Å². The van der Waals surface area contributed by atoms with Crippen molar-refractivity contribution in [2.24, 2.45) is 5.41 Å². The van der Waals surface area contributed by atoms with Gasteiger partial charge in [0.1, 0.15) is 0 Å². The zero-order valence-corrected chi connectivity index (χ0v) is 13.8. The molecule has 0 saturated carbocycles. The smallest absolute Gasteiger partial charge is 0.277 e. The van der Waals surface area contributed by atoms with Crippen LogP contribution in [0.25, 0.3) is 0 Å². The molecule has 0 aliphatic rings. The van der Waals surface area contributed by atoms with Gasteiger partial charge in [-0.2, -0.15) is 0 Å². The number of halogens is 1. The van der Waals surface area contributed by atoms with E-state index in [0.29, 0.717) is 29.0 Å². The normalized spacial score (nSPS) is 11.2. The van der Waals surface area contributed by atoms with E-state index in [0.717, 1.165) is 6.42 Å². The average molecular weight is 346 g/mol. The summed E-state index contributed by atoms with van der Waals surface area (Å²) in [5, 5.41) is 11.4. The van der Waals surface area contributed by atoms with Crippen molar-refractivity contribution >= 4 is 21.6 Å². The number of hydrogen-bond donors (Lipinski definition) is 0. The summed E-state index contributed by atoms with van der Waals surface area (Å²) in [6.07, 6.45) is 0.851. The highest BCUT2D eigenvalue weighted by Gasteiger charge is 2.19. The molecule has 0 bridgehead atoms. The molecule has 0 aliphatic carbocycles. The van der Waals surface area contributed by atoms with E-state index in [1.54, 1.807) is 6.07 Å². The van der Waals surface area contributed by atoms with Crippen LogP contribution >= 0.6 is 15.9 Å². The molecule has 1 aromatic rings. The van der Waals surface area contributed by atoms with Crippen molar-refractivity contribution in [3.63, 3.8) is 0 Å². The zero-order chi connectivity index (χ0) is 15.3. The van der Waals surface area contributed by atoms with Crippen LogP contribution < -0.4 is 9.47 Å². The molecular weight excluding hydrogens is 326 g/mol. The third-order valence-corrected chi connectivity index (χ3v) is 3.42. The minimum Gasteiger partial charge on any atom is -0.493 e. The van der Waals surface area contributed by atoms with Crippen LogP contribution in [0, 0.1) is 15.5 Å². The largest absolute Gasteiger partial charge is 0.493 e. The highest BCUT2D eigenvalue weighted by molar-refractivity contribution is 9.08. The van der Waals surface area contributed by atoms with E-state index < -0.39 is 4.92 Å². The van der Waals surface area contributed by atoms with Crippen molar-refractivity contribution < 1.29 is 14.4 Å². The quantitative estimate of drug-likeness (QED) is 0.437. The minimum atomic E-state index is -0.410. The first-order valence-corrected chi connectivity index (χ1v) is 7.44. The highest BCUT2D eigenvalue weighted by atomic mass is 79.9. The zero-order valence-electron chi connectivity index (χ0n) is 12.2. The predicted molar refractivity (Wildman–Crippen MR) is 81.8 cm³/mol. The fourth-order valence-corrected chi connectivity index (χ4v) is 2.06. The second-order valence-electron chi connectivity index (χ2n) is 5.68. The molecule has 0 unspecified atom stereocenters. The van der Waals surface area contributed by atoms with Gasteiger partial charge in [-0.25, -0.2) is 0 Å².